The maximum Gasteiger partial charge on any atom is 0.356 e. The molecule has 2 aromatic rings. The number of carboxylic acids is 1. The number of hydrogen-bond acceptors (Lipinski definition) is 3. The quantitative estimate of drug-likeness (QED) is 0.941. The van der Waals surface area contributed by atoms with E-state index in [9.17, 15) is 4.79 Å². The van der Waals surface area contributed by atoms with Crippen molar-refractivity contribution < 1.29 is 9.90 Å². The zero-order chi connectivity index (χ0) is 15.7. The Bertz CT molecular complexity index is 705. The topological polar surface area (TPSA) is 58.4 Å². The van der Waals surface area contributed by atoms with Crippen LogP contribution in [0.4, 0.5) is 5.69 Å². The molecule has 3 rings (SSSR count). The zero-order valence-corrected chi connectivity index (χ0v) is 13.2. The number of benzene rings is 1. The number of anilines is 1. The highest BCUT2D eigenvalue weighted by Crippen LogP contribution is 2.35. The maximum absolute atomic E-state index is 11.1. The SMILES string of the molecule is Cn1nc(C(=O)O)cc1-c1cc(Cl)ccc1N1CCCCC1. The largest absolute Gasteiger partial charge is 0.476 e. The summed E-state index contributed by atoms with van der Waals surface area (Å²) in [7, 11) is 1.75. The lowest BCUT2D eigenvalue weighted by Crippen LogP contribution is -2.29. The van der Waals surface area contributed by atoms with E-state index in [1.54, 1.807) is 17.8 Å². The number of carboxylic acid groups (broad SMARTS) is 1. The van der Waals surface area contributed by atoms with Gasteiger partial charge in [0.2, 0.25) is 0 Å². The van der Waals surface area contributed by atoms with Crippen LogP contribution in [0.2, 0.25) is 5.02 Å². The van der Waals surface area contributed by atoms with Crippen molar-refractivity contribution in [3.8, 4) is 11.3 Å². The fourth-order valence-electron chi connectivity index (χ4n) is 2.95. The van der Waals surface area contributed by atoms with Gasteiger partial charge in [0.15, 0.2) is 5.69 Å². The molecule has 1 saturated heterocycles. The fraction of sp³-hybridized carbons (Fsp3) is 0.375. The predicted octanol–water partition coefficient (Wildman–Crippen LogP) is 3.43. The molecule has 0 unspecified atom stereocenters. The number of nitrogens with zero attached hydrogens (tertiary/aromatic N) is 3. The molecule has 0 saturated carbocycles. The van der Waals surface area contributed by atoms with Crippen molar-refractivity contribution in [1.82, 2.24) is 9.78 Å². The molecule has 0 bridgehead atoms. The number of aryl methyl sites for hydroxylation is 1. The number of rotatable bonds is 3. The summed E-state index contributed by atoms with van der Waals surface area (Å²) in [6, 6.07) is 7.37. The summed E-state index contributed by atoms with van der Waals surface area (Å²) in [5.41, 5.74) is 2.82. The molecule has 0 amide bonds. The van der Waals surface area contributed by atoms with Crippen molar-refractivity contribution in [1.29, 1.82) is 0 Å². The standard InChI is InChI=1S/C16H18ClN3O2/c1-19-15(10-13(18-19)16(21)22)12-9-11(17)5-6-14(12)20-7-3-2-4-8-20/h5-6,9-10H,2-4,7-8H2,1H3,(H,21,22). The third kappa shape index (κ3) is 2.81. The molecule has 1 fully saturated rings. The molecule has 1 aliphatic heterocycles. The molecule has 0 atom stereocenters. The minimum Gasteiger partial charge on any atom is -0.476 e. The minimum atomic E-state index is -1.02. The van der Waals surface area contributed by atoms with Gasteiger partial charge in [0.05, 0.1) is 5.69 Å². The lowest BCUT2D eigenvalue weighted by Gasteiger charge is -2.30. The smallest absolute Gasteiger partial charge is 0.356 e. The number of piperidine rings is 1. The van der Waals surface area contributed by atoms with E-state index in [-0.39, 0.29) is 5.69 Å². The first-order valence-electron chi connectivity index (χ1n) is 7.38. The summed E-state index contributed by atoms with van der Waals surface area (Å²) >= 11 is 6.16. The van der Waals surface area contributed by atoms with Gasteiger partial charge >= 0.3 is 5.97 Å². The van der Waals surface area contributed by atoms with Crippen molar-refractivity contribution in [3.63, 3.8) is 0 Å². The van der Waals surface area contributed by atoms with Crippen LogP contribution in [0.1, 0.15) is 29.8 Å². The Morgan fingerprint density at radius 3 is 2.59 bits per heavy atom. The van der Waals surface area contributed by atoms with E-state index in [4.69, 9.17) is 16.7 Å². The first kappa shape index (κ1) is 14.9. The van der Waals surface area contributed by atoms with Crippen LogP contribution >= 0.6 is 11.6 Å². The molecule has 22 heavy (non-hydrogen) atoms. The minimum absolute atomic E-state index is 0.0436. The second kappa shape index (κ2) is 6.01. The molecule has 0 aliphatic carbocycles. The van der Waals surface area contributed by atoms with Crippen LogP contribution in [0.15, 0.2) is 24.3 Å². The predicted molar refractivity (Wildman–Crippen MR) is 86.7 cm³/mol. The van der Waals surface area contributed by atoms with Gasteiger partial charge in [-0.05, 0) is 43.5 Å². The third-order valence-electron chi connectivity index (χ3n) is 4.03. The van der Waals surface area contributed by atoms with E-state index in [1.165, 1.54) is 19.3 Å². The van der Waals surface area contributed by atoms with Crippen LogP contribution in [0.25, 0.3) is 11.3 Å². The van der Waals surface area contributed by atoms with Crippen LogP contribution in [0.3, 0.4) is 0 Å². The van der Waals surface area contributed by atoms with Crippen molar-refractivity contribution >= 4 is 23.3 Å². The van der Waals surface area contributed by atoms with Crippen LogP contribution < -0.4 is 4.90 Å². The Labute approximate surface area is 134 Å². The van der Waals surface area contributed by atoms with Gasteiger partial charge in [0.25, 0.3) is 0 Å². The third-order valence-corrected chi connectivity index (χ3v) is 4.27. The van der Waals surface area contributed by atoms with Crippen LogP contribution in [-0.2, 0) is 7.05 Å². The average molecular weight is 320 g/mol. The Hall–Kier alpha value is -2.01. The number of hydrogen-bond donors (Lipinski definition) is 1. The molecule has 5 nitrogen and oxygen atoms in total. The van der Waals surface area contributed by atoms with Gasteiger partial charge < -0.3 is 10.0 Å². The molecule has 1 aromatic carbocycles. The Kier molecular flexibility index (Phi) is 4.07. The summed E-state index contributed by atoms with van der Waals surface area (Å²) in [5, 5.41) is 13.8. The molecular formula is C16H18ClN3O2. The Balaban J connectivity index is 2.09. The maximum atomic E-state index is 11.1. The highest BCUT2D eigenvalue weighted by molar-refractivity contribution is 6.31. The van der Waals surface area contributed by atoms with Crippen molar-refractivity contribution in [3.05, 3.63) is 35.0 Å². The van der Waals surface area contributed by atoms with Gasteiger partial charge in [0, 0.05) is 36.4 Å². The molecule has 0 spiro atoms. The second-order valence-electron chi connectivity index (χ2n) is 5.55. The van der Waals surface area contributed by atoms with E-state index < -0.39 is 5.97 Å². The molecule has 1 N–H and O–H groups in total. The summed E-state index contributed by atoms with van der Waals surface area (Å²) in [6.07, 6.45) is 3.61. The Morgan fingerprint density at radius 2 is 1.95 bits per heavy atom. The molecule has 6 heteroatoms. The van der Waals surface area contributed by atoms with Crippen LogP contribution in [0.5, 0.6) is 0 Å². The van der Waals surface area contributed by atoms with Crippen molar-refractivity contribution in [2.24, 2.45) is 7.05 Å². The molecule has 116 valence electrons. The summed E-state index contributed by atoms with van der Waals surface area (Å²) in [5.74, 6) is -1.02. The molecule has 2 heterocycles. The van der Waals surface area contributed by atoms with Crippen molar-refractivity contribution in [2.45, 2.75) is 19.3 Å². The summed E-state index contributed by atoms with van der Waals surface area (Å²) in [4.78, 5) is 13.5. The first-order chi connectivity index (χ1) is 10.6. The van der Waals surface area contributed by atoms with Gasteiger partial charge in [-0.25, -0.2) is 4.79 Å². The van der Waals surface area contributed by atoms with Gasteiger partial charge in [-0.3, -0.25) is 4.68 Å². The van der Waals surface area contributed by atoms with Gasteiger partial charge in [-0.2, -0.15) is 5.10 Å². The van der Waals surface area contributed by atoms with Gasteiger partial charge in [-0.1, -0.05) is 11.6 Å². The van der Waals surface area contributed by atoms with Crippen LogP contribution in [-0.4, -0.2) is 33.9 Å². The fourth-order valence-corrected chi connectivity index (χ4v) is 3.12. The van der Waals surface area contributed by atoms with E-state index in [0.717, 1.165) is 30.0 Å². The highest BCUT2D eigenvalue weighted by Gasteiger charge is 2.19. The second-order valence-corrected chi connectivity index (χ2v) is 5.99. The summed E-state index contributed by atoms with van der Waals surface area (Å²) < 4.78 is 1.60. The average Bonchev–Trinajstić information content (AvgIpc) is 2.90. The number of aromatic nitrogens is 2. The normalized spacial score (nSPS) is 15.1. The zero-order valence-electron chi connectivity index (χ0n) is 12.4. The molecular weight excluding hydrogens is 302 g/mol. The number of halogens is 1. The highest BCUT2D eigenvalue weighted by atomic mass is 35.5. The van der Waals surface area contributed by atoms with Gasteiger partial charge in [-0.15, -0.1) is 0 Å². The van der Waals surface area contributed by atoms with Gasteiger partial charge in [0.1, 0.15) is 0 Å². The monoisotopic (exact) mass is 319 g/mol. The lowest BCUT2D eigenvalue weighted by molar-refractivity contribution is 0.0689. The van der Waals surface area contributed by atoms with Crippen LogP contribution in [0, 0.1) is 0 Å². The van der Waals surface area contributed by atoms with E-state index in [2.05, 4.69) is 10.00 Å². The molecule has 0 radical (unpaired) electrons. The van der Waals surface area contributed by atoms with Crippen molar-refractivity contribution in [2.75, 3.05) is 18.0 Å². The number of aromatic carboxylic acids is 1. The lowest BCUT2D eigenvalue weighted by atomic mass is 10.0. The van der Waals surface area contributed by atoms with E-state index >= 15 is 0 Å². The first-order valence-corrected chi connectivity index (χ1v) is 7.76. The number of carbonyl (C=O) groups is 1. The summed E-state index contributed by atoms with van der Waals surface area (Å²) in [6.45, 7) is 2.02. The molecule has 1 aromatic heterocycles. The van der Waals surface area contributed by atoms with E-state index in [1.807, 2.05) is 18.2 Å². The van der Waals surface area contributed by atoms with E-state index in [0.29, 0.717) is 5.02 Å². The molecule has 1 aliphatic rings. The Morgan fingerprint density at radius 1 is 1.23 bits per heavy atom.